The Morgan fingerprint density at radius 2 is 2.03 bits per heavy atom. The fraction of sp³-hybridized carbons (Fsp3) is 0.667. The molecule has 1 aromatic rings. The fourth-order valence-corrected chi connectivity index (χ4v) is 4.88. The number of nitriles is 1. The van der Waals surface area contributed by atoms with Crippen LogP contribution < -0.4 is 10.2 Å². The molecule has 1 aromatic carbocycles. The first-order valence-electron chi connectivity index (χ1n) is 11.2. The normalized spacial score (nSPS) is 24.8. The molecule has 6 heteroatoms. The monoisotopic (exact) mass is 415 g/mol. The molecule has 2 fully saturated rings. The molecule has 1 aliphatic heterocycles. The van der Waals surface area contributed by atoms with Crippen LogP contribution in [0.1, 0.15) is 71.3 Å². The second-order valence-corrected chi connectivity index (χ2v) is 9.77. The minimum Gasteiger partial charge on any atom is -0.444 e. The van der Waals surface area contributed by atoms with Crippen molar-refractivity contribution in [3.63, 3.8) is 0 Å². The van der Waals surface area contributed by atoms with Crippen molar-refractivity contribution in [1.29, 1.82) is 5.26 Å². The number of nitrogens with zero attached hydrogens (tertiary/aromatic N) is 2. The van der Waals surface area contributed by atoms with Gasteiger partial charge in [-0.3, -0.25) is 0 Å². The number of benzene rings is 1. The van der Waals surface area contributed by atoms with E-state index in [9.17, 15) is 9.18 Å². The summed E-state index contributed by atoms with van der Waals surface area (Å²) < 4.78 is 20.0. The van der Waals surface area contributed by atoms with Crippen LogP contribution in [0.5, 0.6) is 0 Å². The molecule has 1 heterocycles. The quantitative estimate of drug-likeness (QED) is 0.716. The maximum Gasteiger partial charge on any atom is 0.407 e. The van der Waals surface area contributed by atoms with Crippen molar-refractivity contribution in [1.82, 2.24) is 5.32 Å². The van der Waals surface area contributed by atoms with E-state index in [1.807, 2.05) is 26.8 Å². The molecule has 1 N–H and O–H groups in total. The Balaban J connectivity index is 1.61. The third-order valence-corrected chi connectivity index (χ3v) is 6.18. The van der Waals surface area contributed by atoms with Gasteiger partial charge in [-0.15, -0.1) is 0 Å². The maximum atomic E-state index is 14.5. The highest BCUT2D eigenvalue weighted by Crippen LogP contribution is 2.34. The molecular formula is C24H34FN3O2. The standard InChI is InChI=1S/C24H34FN3O2/c1-24(2,3)30-23(29)27-21-9-5-4-8-19(21)13-18-7-6-12-28(16-18)22-11-10-17(15-26)14-20(22)25/h10-11,14,18-19,21H,4-9,12-13,16H2,1-3H3,(H,27,29)/t18-,19+,21-/m1/s1. The second-order valence-electron chi connectivity index (χ2n) is 9.77. The van der Waals surface area contributed by atoms with Crippen molar-refractivity contribution >= 4 is 11.8 Å². The molecule has 3 rings (SSSR count). The van der Waals surface area contributed by atoms with Gasteiger partial charge in [0.1, 0.15) is 11.4 Å². The number of carbonyl (C=O) groups is 1. The third-order valence-electron chi connectivity index (χ3n) is 6.18. The Kier molecular flexibility index (Phi) is 7.23. The Hall–Kier alpha value is -2.29. The van der Waals surface area contributed by atoms with Crippen molar-refractivity contribution in [2.75, 3.05) is 18.0 Å². The first-order valence-corrected chi connectivity index (χ1v) is 11.2. The molecular weight excluding hydrogens is 381 g/mol. The summed E-state index contributed by atoms with van der Waals surface area (Å²) in [5.41, 5.74) is 0.442. The van der Waals surface area contributed by atoms with E-state index in [0.717, 1.165) is 51.6 Å². The lowest BCUT2D eigenvalue weighted by Gasteiger charge is -2.39. The number of anilines is 1. The van der Waals surface area contributed by atoms with Crippen molar-refractivity contribution in [3.05, 3.63) is 29.6 Å². The van der Waals surface area contributed by atoms with Crippen LogP contribution in [-0.4, -0.2) is 30.8 Å². The highest BCUT2D eigenvalue weighted by Gasteiger charge is 2.32. The van der Waals surface area contributed by atoms with Crippen molar-refractivity contribution < 1.29 is 13.9 Å². The van der Waals surface area contributed by atoms with Crippen LogP contribution in [0.3, 0.4) is 0 Å². The number of piperidine rings is 1. The van der Waals surface area contributed by atoms with Gasteiger partial charge in [-0.1, -0.05) is 12.8 Å². The molecule has 0 spiro atoms. The lowest BCUT2D eigenvalue weighted by molar-refractivity contribution is 0.0460. The number of rotatable bonds is 4. The van der Waals surface area contributed by atoms with Crippen LogP contribution in [0.25, 0.3) is 0 Å². The predicted octanol–water partition coefficient (Wildman–Crippen LogP) is 5.39. The lowest BCUT2D eigenvalue weighted by Crippen LogP contribution is -2.46. The Morgan fingerprint density at radius 3 is 2.73 bits per heavy atom. The molecule has 0 bridgehead atoms. The second kappa shape index (κ2) is 9.68. The summed E-state index contributed by atoms with van der Waals surface area (Å²) in [6, 6.07) is 6.87. The number of carbonyl (C=O) groups excluding carboxylic acids is 1. The van der Waals surface area contributed by atoms with E-state index >= 15 is 0 Å². The SMILES string of the molecule is CC(C)(C)OC(=O)N[C@@H]1CCCC[C@H]1C[C@H]1CCCN(c2ccc(C#N)cc2F)C1. The first kappa shape index (κ1) is 22.4. The Labute approximate surface area is 179 Å². The molecule has 5 nitrogen and oxygen atoms in total. The van der Waals surface area contributed by atoms with E-state index in [2.05, 4.69) is 10.2 Å². The summed E-state index contributed by atoms with van der Waals surface area (Å²) in [5.74, 6) is 0.582. The number of hydrogen-bond donors (Lipinski definition) is 1. The topological polar surface area (TPSA) is 65.4 Å². The molecule has 0 radical (unpaired) electrons. The van der Waals surface area contributed by atoms with Crippen LogP contribution in [0.4, 0.5) is 14.9 Å². The van der Waals surface area contributed by atoms with Gasteiger partial charge in [0.2, 0.25) is 0 Å². The highest BCUT2D eigenvalue weighted by molar-refractivity contribution is 5.68. The number of alkyl carbamates (subject to hydrolysis) is 1. The molecule has 3 atom stereocenters. The molecule has 0 unspecified atom stereocenters. The minimum absolute atomic E-state index is 0.149. The number of hydrogen-bond acceptors (Lipinski definition) is 4. The van der Waals surface area contributed by atoms with Crippen LogP contribution in [0, 0.1) is 29.0 Å². The summed E-state index contributed by atoms with van der Waals surface area (Å²) in [7, 11) is 0. The van der Waals surface area contributed by atoms with Gasteiger partial charge < -0.3 is 15.0 Å². The van der Waals surface area contributed by atoms with Gasteiger partial charge in [-0.2, -0.15) is 5.26 Å². The van der Waals surface area contributed by atoms with Gasteiger partial charge in [-0.25, -0.2) is 9.18 Å². The van der Waals surface area contributed by atoms with Crippen LogP contribution in [0.15, 0.2) is 18.2 Å². The van der Waals surface area contributed by atoms with Gasteiger partial charge in [0, 0.05) is 19.1 Å². The van der Waals surface area contributed by atoms with Crippen molar-refractivity contribution in [3.8, 4) is 6.07 Å². The summed E-state index contributed by atoms with van der Waals surface area (Å²) in [5, 5.41) is 12.1. The minimum atomic E-state index is -0.497. The summed E-state index contributed by atoms with van der Waals surface area (Å²) in [6.07, 6.45) is 7.29. The fourth-order valence-electron chi connectivity index (χ4n) is 4.88. The molecule has 2 aliphatic rings. The van der Waals surface area contributed by atoms with E-state index < -0.39 is 5.60 Å². The average molecular weight is 416 g/mol. The van der Waals surface area contributed by atoms with E-state index in [0.29, 0.717) is 23.1 Å². The Bertz CT molecular complexity index is 784. The van der Waals surface area contributed by atoms with E-state index in [4.69, 9.17) is 10.00 Å². The molecule has 1 amide bonds. The maximum absolute atomic E-state index is 14.5. The lowest BCUT2D eigenvalue weighted by atomic mass is 9.77. The van der Waals surface area contributed by atoms with Crippen LogP contribution >= 0.6 is 0 Å². The summed E-state index contributed by atoms with van der Waals surface area (Å²) in [4.78, 5) is 14.4. The average Bonchev–Trinajstić information content (AvgIpc) is 2.68. The molecule has 30 heavy (non-hydrogen) atoms. The van der Waals surface area contributed by atoms with Gasteiger partial charge in [0.15, 0.2) is 0 Å². The van der Waals surface area contributed by atoms with Gasteiger partial charge in [-0.05, 0) is 82.9 Å². The molecule has 164 valence electrons. The number of amides is 1. The van der Waals surface area contributed by atoms with Crippen molar-refractivity contribution in [2.45, 2.75) is 77.4 Å². The largest absolute Gasteiger partial charge is 0.444 e. The highest BCUT2D eigenvalue weighted by atomic mass is 19.1. The molecule has 1 saturated carbocycles. The zero-order valence-corrected chi connectivity index (χ0v) is 18.4. The molecule has 1 aliphatic carbocycles. The van der Waals surface area contributed by atoms with Crippen LogP contribution in [-0.2, 0) is 4.74 Å². The van der Waals surface area contributed by atoms with Crippen molar-refractivity contribution in [2.24, 2.45) is 11.8 Å². The van der Waals surface area contributed by atoms with E-state index in [1.54, 1.807) is 12.1 Å². The smallest absolute Gasteiger partial charge is 0.407 e. The number of halogens is 1. The zero-order chi connectivity index (χ0) is 21.7. The van der Waals surface area contributed by atoms with Gasteiger partial charge in [0.25, 0.3) is 0 Å². The summed E-state index contributed by atoms with van der Waals surface area (Å²) >= 11 is 0. The van der Waals surface area contributed by atoms with E-state index in [-0.39, 0.29) is 18.0 Å². The predicted molar refractivity (Wildman–Crippen MR) is 116 cm³/mol. The van der Waals surface area contributed by atoms with E-state index in [1.165, 1.54) is 12.5 Å². The third kappa shape index (κ3) is 6.10. The summed E-state index contributed by atoms with van der Waals surface area (Å²) in [6.45, 7) is 7.29. The van der Waals surface area contributed by atoms with Gasteiger partial charge in [0.05, 0.1) is 17.3 Å². The zero-order valence-electron chi connectivity index (χ0n) is 18.4. The Morgan fingerprint density at radius 1 is 1.27 bits per heavy atom. The molecule has 1 saturated heterocycles. The first-order chi connectivity index (χ1) is 14.2. The molecule has 0 aromatic heterocycles. The number of nitrogens with one attached hydrogen (secondary N) is 1. The number of ether oxygens (including phenoxy) is 1. The van der Waals surface area contributed by atoms with Gasteiger partial charge >= 0.3 is 6.09 Å². The van der Waals surface area contributed by atoms with Crippen LogP contribution in [0.2, 0.25) is 0 Å².